The van der Waals surface area contributed by atoms with Gasteiger partial charge in [-0.1, -0.05) is 37.3 Å². The molecule has 0 saturated carbocycles. The summed E-state index contributed by atoms with van der Waals surface area (Å²) in [5.74, 6) is 0.944. The predicted octanol–water partition coefficient (Wildman–Crippen LogP) is 4.49. The van der Waals surface area contributed by atoms with Gasteiger partial charge in [-0.05, 0) is 54.0 Å². The molecule has 0 atom stereocenters. The fourth-order valence-electron chi connectivity index (χ4n) is 1.77. The summed E-state index contributed by atoms with van der Waals surface area (Å²) in [5.41, 5.74) is 11.6. The van der Waals surface area contributed by atoms with E-state index in [0.717, 1.165) is 22.6 Å². The summed E-state index contributed by atoms with van der Waals surface area (Å²) in [4.78, 5) is 0. The number of nitrogen functional groups attached to an aromatic ring is 1. The third-order valence-corrected chi connectivity index (χ3v) is 2.70. The molecule has 1 nitrogen and oxygen atoms in total. The lowest BCUT2D eigenvalue weighted by atomic mass is 9.99. The van der Waals surface area contributed by atoms with Crippen LogP contribution in [0.5, 0.6) is 0 Å². The second kappa shape index (κ2) is 7.12. The average Bonchev–Trinajstić information content (AvgIpc) is 2.37. The third kappa shape index (κ3) is 3.81. The number of aryl methyl sites for hydroxylation is 2. The van der Waals surface area contributed by atoms with Crippen LogP contribution in [0.3, 0.4) is 0 Å². The molecule has 0 aliphatic heterocycles. The number of nitrogens with two attached hydrogens (primary N) is 1. The molecule has 0 amide bonds. The minimum Gasteiger partial charge on any atom is -0.398 e. The molecule has 2 aromatic rings. The van der Waals surface area contributed by atoms with Gasteiger partial charge in [-0.15, -0.1) is 0 Å². The van der Waals surface area contributed by atoms with E-state index in [4.69, 9.17) is 5.73 Å². The van der Waals surface area contributed by atoms with Gasteiger partial charge < -0.3 is 5.73 Å². The molecule has 0 bridgehead atoms. The first-order valence-electron chi connectivity index (χ1n) is 6.13. The van der Waals surface area contributed by atoms with Crippen LogP contribution in [0.4, 0.5) is 5.69 Å². The van der Waals surface area contributed by atoms with Gasteiger partial charge in [0.25, 0.3) is 0 Å². The molecule has 0 radical (unpaired) electrons. The molecule has 18 heavy (non-hydrogen) atoms. The molecular formula is C16H21NS. The number of hydrogen-bond acceptors (Lipinski definition) is 2. The second-order valence-electron chi connectivity index (χ2n) is 4.21. The normalized spacial score (nSPS) is 9.56. The van der Waals surface area contributed by atoms with E-state index in [1.54, 1.807) is 0 Å². The van der Waals surface area contributed by atoms with Crippen molar-refractivity contribution in [2.24, 2.45) is 0 Å². The van der Waals surface area contributed by atoms with E-state index in [0.29, 0.717) is 0 Å². The summed E-state index contributed by atoms with van der Waals surface area (Å²) < 4.78 is 0. The van der Waals surface area contributed by atoms with E-state index >= 15 is 0 Å². The molecule has 2 heteroatoms. The topological polar surface area (TPSA) is 26.0 Å². The molecule has 96 valence electrons. The van der Waals surface area contributed by atoms with E-state index in [1.165, 1.54) is 11.1 Å². The van der Waals surface area contributed by atoms with Crippen LogP contribution < -0.4 is 5.73 Å². The molecule has 2 aromatic carbocycles. The zero-order chi connectivity index (χ0) is 13.5. The maximum Gasteiger partial charge on any atom is 0.0373 e. The zero-order valence-corrected chi connectivity index (χ0v) is 12.2. The van der Waals surface area contributed by atoms with E-state index in [9.17, 15) is 0 Å². The lowest BCUT2D eigenvalue weighted by molar-refractivity contribution is 1.39. The van der Waals surface area contributed by atoms with Crippen molar-refractivity contribution in [1.82, 2.24) is 0 Å². The Hall–Kier alpha value is -1.41. The van der Waals surface area contributed by atoms with Crippen LogP contribution in [-0.4, -0.2) is 5.75 Å². The van der Waals surface area contributed by atoms with Gasteiger partial charge in [-0.2, -0.15) is 12.6 Å². The maximum atomic E-state index is 5.93. The molecule has 0 heterocycles. The third-order valence-electron chi connectivity index (χ3n) is 2.70. The van der Waals surface area contributed by atoms with Crippen LogP contribution in [0.2, 0.25) is 0 Å². The van der Waals surface area contributed by atoms with Gasteiger partial charge in [0.2, 0.25) is 0 Å². The molecule has 0 aromatic heterocycles. The molecule has 0 spiro atoms. The van der Waals surface area contributed by atoms with Gasteiger partial charge in [0.15, 0.2) is 0 Å². The molecule has 0 fully saturated rings. The summed E-state index contributed by atoms with van der Waals surface area (Å²) in [6, 6.07) is 14.6. The largest absolute Gasteiger partial charge is 0.398 e. The fraction of sp³-hybridized carbons (Fsp3) is 0.250. The molecule has 2 rings (SSSR count). The van der Waals surface area contributed by atoms with Gasteiger partial charge in [-0.25, -0.2) is 0 Å². The van der Waals surface area contributed by atoms with Crippen LogP contribution in [0.15, 0.2) is 42.5 Å². The van der Waals surface area contributed by atoms with E-state index in [-0.39, 0.29) is 0 Å². The van der Waals surface area contributed by atoms with Crippen LogP contribution in [0.25, 0.3) is 11.1 Å². The fourth-order valence-corrected chi connectivity index (χ4v) is 1.77. The minimum absolute atomic E-state index is 0.898. The number of rotatable bonds is 1. The monoisotopic (exact) mass is 259 g/mol. The Balaban J connectivity index is 0.000000492. The summed E-state index contributed by atoms with van der Waals surface area (Å²) in [5, 5.41) is 0. The van der Waals surface area contributed by atoms with Crippen LogP contribution in [0, 0.1) is 13.8 Å². The van der Waals surface area contributed by atoms with E-state index < -0.39 is 0 Å². The standard InChI is InChI=1S/C14H15N.C2H6S/c1-10-8-13(9-11(2)14(10)15)12-6-4-3-5-7-12;1-2-3/h3-9H,15H2,1-2H3;3H,2H2,1H3. The zero-order valence-electron chi connectivity index (χ0n) is 11.3. The second-order valence-corrected chi connectivity index (χ2v) is 4.84. The highest BCUT2D eigenvalue weighted by Crippen LogP contribution is 2.26. The molecule has 0 aliphatic carbocycles. The lowest BCUT2D eigenvalue weighted by Crippen LogP contribution is -1.94. The Kier molecular flexibility index (Phi) is 5.79. The highest BCUT2D eigenvalue weighted by atomic mass is 32.1. The first-order valence-corrected chi connectivity index (χ1v) is 6.76. The SMILES string of the molecule is CCS.Cc1cc(-c2ccccc2)cc(C)c1N. The Labute approximate surface area is 115 Å². The first kappa shape index (κ1) is 14.7. The summed E-state index contributed by atoms with van der Waals surface area (Å²) >= 11 is 3.79. The van der Waals surface area contributed by atoms with Crippen LogP contribution in [-0.2, 0) is 0 Å². The Morgan fingerprint density at radius 1 is 0.944 bits per heavy atom. The molecule has 0 saturated heterocycles. The van der Waals surface area contributed by atoms with Crippen molar-refractivity contribution in [3.05, 3.63) is 53.6 Å². The van der Waals surface area contributed by atoms with Crippen molar-refractivity contribution in [2.75, 3.05) is 11.5 Å². The molecular weight excluding hydrogens is 238 g/mol. The van der Waals surface area contributed by atoms with Crippen molar-refractivity contribution in [2.45, 2.75) is 20.8 Å². The lowest BCUT2D eigenvalue weighted by Gasteiger charge is -2.08. The molecule has 0 aliphatic rings. The van der Waals surface area contributed by atoms with Gasteiger partial charge in [0.05, 0.1) is 0 Å². The Morgan fingerprint density at radius 3 is 1.83 bits per heavy atom. The van der Waals surface area contributed by atoms with Crippen molar-refractivity contribution < 1.29 is 0 Å². The summed E-state index contributed by atoms with van der Waals surface area (Å²) in [7, 11) is 0. The van der Waals surface area contributed by atoms with Crippen LogP contribution >= 0.6 is 12.6 Å². The van der Waals surface area contributed by atoms with Gasteiger partial charge in [-0.3, -0.25) is 0 Å². The van der Waals surface area contributed by atoms with E-state index in [1.807, 2.05) is 13.0 Å². The van der Waals surface area contributed by atoms with Crippen molar-refractivity contribution in [3.8, 4) is 11.1 Å². The first-order chi connectivity index (χ1) is 8.60. The summed E-state index contributed by atoms with van der Waals surface area (Å²) in [6.45, 7) is 6.09. The van der Waals surface area contributed by atoms with Gasteiger partial charge >= 0.3 is 0 Å². The Morgan fingerprint density at radius 2 is 1.39 bits per heavy atom. The maximum absolute atomic E-state index is 5.93. The highest BCUT2D eigenvalue weighted by Gasteiger charge is 2.02. The average molecular weight is 259 g/mol. The molecule has 0 unspecified atom stereocenters. The number of thiol groups is 1. The number of benzene rings is 2. The molecule has 2 N–H and O–H groups in total. The Bertz CT molecular complexity index is 469. The van der Waals surface area contributed by atoms with Crippen molar-refractivity contribution in [1.29, 1.82) is 0 Å². The smallest absolute Gasteiger partial charge is 0.0373 e. The number of anilines is 1. The van der Waals surface area contributed by atoms with E-state index in [2.05, 4.69) is 62.9 Å². The number of hydrogen-bond donors (Lipinski definition) is 2. The summed E-state index contributed by atoms with van der Waals surface area (Å²) in [6.07, 6.45) is 0. The van der Waals surface area contributed by atoms with Crippen molar-refractivity contribution in [3.63, 3.8) is 0 Å². The van der Waals surface area contributed by atoms with Crippen LogP contribution in [0.1, 0.15) is 18.1 Å². The van der Waals surface area contributed by atoms with Gasteiger partial charge in [0.1, 0.15) is 0 Å². The highest BCUT2D eigenvalue weighted by molar-refractivity contribution is 7.80. The van der Waals surface area contributed by atoms with Crippen molar-refractivity contribution >= 4 is 18.3 Å². The predicted molar refractivity (Wildman–Crippen MR) is 85.3 cm³/mol. The minimum atomic E-state index is 0.898. The quantitative estimate of drug-likeness (QED) is 0.573. The van der Waals surface area contributed by atoms with Gasteiger partial charge in [0, 0.05) is 5.69 Å².